The van der Waals surface area contributed by atoms with Gasteiger partial charge in [-0.2, -0.15) is 4.31 Å². The van der Waals surface area contributed by atoms with E-state index in [2.05, 4.69) is 5.92 Å². The fourth-order valence-corrected chi connectivity index (χ4v) is 6.08. The highest BCUT2D eigenvalue weighted by Crippen LogP contribution is 2.21. The molecule has 1 rings (SSSR count). The molecule has 1 N–H and O–H groups in total. The number of hydrogen-bond acceptors (Lipinski definition) is 5. The standard InChI is InChI=1S/C9H13NO6S2/c1-2-4-10(6-9(11)12)18(15,16)8-3-5-17(13,14)7-8/h1,8H,3-7H2,(H,11,12). The molecule has 9 heteroatoms. The molecule has 1 heterocycles. The van der Waals surface area contributed by atoms with Gasteiger partial charge in [-0.15, -0.1) is 6.42 Å². The lowest BCUT2D eigenvalue weighted by Gasteiger charge is -2.21. The topological polar surface area (TPSA) is 109 Å². The Balaban J connectivity index is 2.96. The predicted molar refractivity (Wildman–Crippen MR) is 64.0 cm³/mol. The first-order valence-corrected chi connectivity index (χ1v) is 8.36. The fraction of sp³-hybridized carbons (Fsp3) is 0.667. The summed E-state index contributed by atoms with van der Waals surface area (Å²) < 4.78 is 47.2. The Kier molecular flexibility index (Phi) is 4.37. The molecule has 0 aliphatic carbocycles. The number of carbonyl (C=O) groups is 1. The molecule has 1 fully saturated rings. The molecule has 1 unspecified atom stereocenters. The smallest absolute Gasteiger partial charge is 0.318 e. The average molecular weight is 295 g/mol. The van der Waals surface area contributed by atoms with Gasteiger partial charge in [0, 0.05) is 0 Å². The average Bonchev–Trinajstić information content (AvgIpc) is 2.58. The Labute approximate surface area is 106 Å². The summed E-state index contributed by atoms with van der Waals surface area (Å²) >= 11 is 0. The van der Waals surface area contributed by atoms with Crippen LogP contribution in [-0.4, -0.2) is 62.1 Å². The van der Waals surface area contributed by atoms with E-state index in [1.165, 1.54) is 0 Å². The number of hydrogen-bond donors (Lipinski definition) is 1. The van der Waals surface area contributed by atoms with Gasteiger partial charge in [-0.1, -0.05) is 5.92 Å². The quantitative estimate of drug-likeness (QED) is 0.620. The van der Waals surface area contributed by atoms with Crippen LogP contribution in [0.15, 0.2) is 0 Å². The monoisotopic (exact) mass is 295 g/mol. The van der Waals surface area contributed by atoms with Crippen molar-refractivity contribution in [3.05, 3.63) is 0 Å². The number of carboxylic acid groups (broad SMARTS) is 1. The van der Waals surface area contributed by atoms with Crippen LogP contribution in [0, 0.1) is 12.3 Å². The van der Waals surface area contributed by atoms with Gasteiger partial charge in [0.15, 0.2) is 9.84 Å². The lowest BCUT2D eigenvalue weighted by molar-refractivity contribution is -0.137. The number of rotatable bonds is 5. The van der Waals surface area contributed by atoms with Crippen LogP contribution in [0.1, 0.15) is 6.42 Å². The molecule has 0 aromatic heterocycles. The molecule has 0 bridgehead atoms. The third-order valence-electron chi connectivity index (χ3n) is 2.55. The van der Waals surface area contributed by atoms with Gasteiger partial charge in [0.1, 0.15) is 6.54 Å². The summed E-state index contributed by atoms with van der Waals surface area (Å²) in [6, 6.07) is 0. The van der Waals surface area contributed by atoms with Gasteiger partial charge in [0.05, 0.1) is 23.3 Å². The van der Waals surface area contributed by atoms with E-state index in [0.29, 0.717) is 4.31 Å². The lowest BCUT2D eigenvalue weighted by Crippen LogP contribution is -2.42. The molecule has 1 aliphatic heterocycles. The largest absolute Gasteiger partial charge is 0.480 e. The fourth-order valence-electron chi connectivity index (χ4n) is 1.70. The van der Waals surface area contributed by atoms with Crippen LogP contribution in [0.2, 0.25) is 0 Å². The van der Waals surface area contributed by atoms with Gasteiger partial charge in [-0.3, -0.25) is 4.79 Å². The van der Waals surface area contributed by atoms with Gasteiger partial charge in [0.25, 0.3) is 0 Å². The van der Waals surface area contributed by atoms with Crippen LogP contribution in [0.4, 0.5) is 0 Å². The zero-order valence-corrected chi connectivity index (χ0v) is 11.1. The van der Waals surface area contributed by atoms with Crippen molar-refractivity contribution < 1.29 is 26.7 Å². The van der Waals surface area contributed by atoms with Crippen LogP contribution in [0.5, 0.6) is 0 Å². The molecule has 0 aromatic rings. The summed E-state index contributed by atoms with van der Waals surface area (Å²) in [5.74, 6) is 0.0425. The summed E-state index contributed by atoms with van der Waals surface area (Å²) in [5, 5.41) is 7.52. The molecule has 0 radical (unpaired) electrons. The van der Waals surface area contributed by atoms with Crippen molar-refractivity contribution in [2.45, 2.75) is 11.7 Å². The second-order valence-corrected chi connectivity index (χ2v) is 8.38. The minimum atomic E-state index is -4.00. The third kappa shape index (κ3) is 3.44. The van der Waals surface area contributed by atoms with E-state index in [1.807, 2.05) is 0 Å². The van der Waals surface area contributed by atoms with E-state index in [-0.39, 0.29) is 18.7 Å². The number of sulfonamides is 1. The first-order valence-electron chi connectivity index (χ1n) is 5.03. The summed E-state index contributed by atoms with van der Waals surface area (Å²) in [7, 11) is -7.36. The molecule has 7 nitrogen and oxygen atoms in total. The predicted octanol–water partition coefficient (Wildman–Crippen LogP) is -1.48. The third-order valence-corrected chi connectivity index (χ3v) is 6.75. The zero-order chi connectivity index (χ0) is 14.0. The number of nitrogens with zero attached hydrogens (tertiary/aromatic N) is 1. The van der Waals surface area contributed by atoms with Crippen LogP contribution < -0.4 is 0 Å². The highest BCUT2D eigenvalue weighted by molar-refractivity contribution is 7.95. The highest BCUT2D eigenvalue weighted by Gasteiger charge is 2.40. The maximum absolute atomic E-state index is 12.0. The second kappa shape index (κ2) is 5.26. The van der Waals surface area contributed by atoms with Crippen molar-refractivity contribution in [3.63, 3.8) is 0 Å². The lowest BCUT2D eigenvalue weighted by atomic mass is 10.4. The Bertz CT molecular complexity index is 571. The maximum Gasteiger partial charge on any atom is 0.318 e. The molecule has 1 aliphatic rings. The van der Waals surface area contributed by atoms with Gasteiger partial charge in [-0.05, 0) is 6.42 Å². The zero-order valence-electron chi connectivity index (χ0n) is 9.44. The van der Waals surface area contributed by atoms with E-state index in [0.717, 1.165) is 0 Å². The summed E-state index contributed by atoms with van der Waals surface area (Å²) in [6.07, 6.45) is 4.96. The van der Waals surface area contributed by atoms with Crippen molar-refractivity contribution in [3.8, 4) is 12.3 Å². The van der Waals surface area contributed by atoms with E-state index in [1.54, 1.807) is 0 Å². The summed E-state index contributed by atoms with van der Waals surface area (Å²) in [6.45, 7) is -1.14. The van der Waals surface area contributed by atoms with Crippen molar-refractivity contribution in [2.24, 2.45) is 0 Å². The maximum atomic E-state index is 12.0. The van der Waals surface area contributed by atoms with E-state index in [4.69, 9.17) is 11.5 Å². The van der Waals surface area contributed by atoms with Gasteiger partial charge < -0.3 is 5.11 Å². The van der Waals surface area contributed by atoms with E-state index >= 15 is 0 Å². The van der Waals surface area contributed by atoms with Crippen LogP contribution in [-0.2, 0) is 24.7 Å². The van der Waals surface area contributed by atoms with E-state index in [9.17, 15) is 21.6 Å². The molecular weight excluding hydrogens is 282 g/mol. The van der Waals surface area contributed by atoms with E-state index < -0.39 is 43.4 Å². The Morgan fingerprint density at radius 3 is 2.50 bits per heavy atom. The SMILES string of the molecule is C#CCN(CC(=O)O)S(=O)(=O)C1CCS(=O)(=O)C1. The van der Waals surface area contributed by atoms with Crippen molar-refractivity contribution in [1.29, 1.82) is 0 Å². The van der Waals surface area contributed by atoms with Crippen LogP contribution >= 0.6 is 0 Å². The highest BCUT2D eigenvalue weighted by atomic mass is 32.2. The Morgan fingerprint density at radius 1 is 1.50 bits per heavy atom. The van der Waals surface area contributed by atoms with Gasteiger partial charge >= 0.3 is 5.97 Å². The summed E-state index contributed by atoms with van der Waals surface area (Å²) in [4.78, 5) is 10.6. The van der Waals surface area contributed by atoms with Crippen molar-refractivity contribution in [2.75, 3.05) is 24.6 Å². The number of aliphatic carboxylic acids is 1. The molecule has 0 saturated carbocycles. The molecule has 1 atom stereocenters. The molecule has 0 spiro atoms. The Morgan fingerprint density at radius 2 is 2.11 bits per heavy atom. The Hall–Kier alpha value is -1.11. The minimum Gasteiger partial charge on any atom is -0.480 e. The van der Waals surface area contributed by atoms with Gasteiger partial charge in [-0.25, -0.2) is 16.8 Å². The number of sulfone groups is 1. The van der Waals surface area contributed by atoms with Gasteiger partial charge in [0.2, 0.25) is 10.0 Å². The summed E-state index contributed by atoms with van der Waals surface area (Å²) in [5.41, 5.74) is 0. The molecule has 18 heavy (non-hydrogen) atoms. The molecule has 0 amide bonds. The number of carboxylic acids is 1. The van der Waals surface area contributed by atoms with Crippen molar-refractivity contribution in [1.82, 2.24) is 4.31 Å². The first kappa shape index (κ1) is 14.9. The van der Waals surface area contributed by atoms with Crippen molar-refractivity contribution >= 4 is 25.8 Å². The molecular formula is C9H13NO6S2. The second-order valence-electron chi connectivity index (χ2n) is 3.94. The first-order chi connectivity index (χ1) is 8.19. The van der Waals surface area contributed by atoms with Crippen LogP contribution in [0.25, 0.3) is 0 Å². The number of terminal acetylenes is 1. The molecule has 1 saturated heterocycles. The molecule has 102 valence electrons. The minimum absolute atomic E-state index is 0.0225. The normalized spacial score (nSPS) is 22.8. The van der Waals surface area contributed by atoms with Crippen LogP contribution in [0.3, 0.4) is 0 Å². The molecule has 0 aromatic carbocycles.